The van der Waals surface area contributed by atoms with Crippen molar-refractivity contribution in [3.63, 3.8) is 0 Å². The van der Waals surface area contributed by atoms with Crippen LogP contribution in [0, 0.1) is 0 Å². The van der Waals surface area contributed by atoms with Gasteiger partial charge in [0.15, 0.2) is 0 Å². The first-order valence-corrected chi connectivity index (χ1v) is 8.71. The maximum absolute atomic E-state index is 12.8. The Balaban J connectivity index is 2.68. The molecule has 0 spiro atoms. The highest BCUT2D eigenvalue weighted by atomic mass is 16.6. The van der Waals surface area contributed by atoms with Crippen LogP contribution in [0.25, 0.3) is 0 Å². The average molecular weight is 371 g/mol. The highest BCUT2D eigenvalue weighted by molar-refractivity contribution is 5.94. The third-order valence-electron chi connectivity index (χ3n) is 4.19. The Morgan fingerprint density at radius 3 is 2.31 bits per heavy atom. The summed E-state index contributed by atoms with van der Waals surface area (Å²) in [6, 6.07) is -0.870. The van der Waals surface area contributed by atoms with Gasteiger partial charge in [-0.05, 0) is 47.0 Å². The van der Waals surface area contributed by atoms with Crippen LogP contribution >= 0.6 is 0 Å². The van der Waals surface area contributed by atoms with Gasteiger partial charge in [0, 0.05) is 6.54 Å². The number of nitrogens with one attached hydrogen (secondary N) is 2. The molecule has 148 valence electrons. The number of carboxylic acids is 1. The minimum atomic E-state index is -1.25. The minimum Gasteiger partial charge on any atom is -0.480 e. The van der Waals surface area contributed by atoms with Gasteiger partial charge in [0.05, 0.1) is 0 Å². The van der Waals surface area contributed by atoms with Crippen LogP contribution in [-0.4, -0.2) is 64.2 Å². The molecule has 26 heavy (non-hydrogen) atoms. The molecule has 0 aliphatic carbocycles. The van der Waals surface area contributed by atoms with Crippen molar-refractivity contribution in [1.82, 2.24) is 15.5 Å². The number of aliphatic carboxylic acids is 1. The van der Waals surface area contributed by atoms with Gasteiger partial charge in [0.2, 0.25) is 11.8 Å². The molecule has 9 heteroatoms. The van der Waals surface area contributed by atoms with Crippen LogP contribution in [0.4, 0.5) is 4.79 Å². The summed E-state index contributed by atoms with van der Waals surface area (Å²) in [6.07, 6.45) is 0.557. The van der Waals surface area contributed by atoms with Gasteiger partial charge in [-0.2, -0.15) is 0 Å². The second-order valence-corrected chi connectivity index (χ2v) is 7.58. The Morgan fingerprint density at radius 2 is 1.81 bits per heavy atom. The molecule has 9 nitrogen and oxygen atoms in total. The van der Waals surface area contributed by atoms with Gasteiger partial charge in [-0.25, -0.2) is 9.59 Å². The minimum absolute atomic E-state index is 0.285. The zero-order chi connectivity index (χ0) is 20.1. The van der Waals surface area contributed by atoms with E-state index in [4.69, 9.17) is 4.74 Å². The molecule has 1 saturated heterocycles. The number of amides is 3. The molecule has 0 unspecified atom stereocenters. The molecule has 1 aliphatic heterocycles. The third kappa shape index (κ3) is 5.89. The van der Waals surface area contributed by atoms with E-state index in [2.05, 4.69) is 10.6 Å². The van der Waals surface area contributed by atoms with Crippen LogP contribution in [0.1, 0.15) is 53.9 Å². The first-order chi connectivity index (χ1) is 11.9. The van der Waals surface area contributed by atoms with Gasteiger partial charge in [-0.1, -0.05) is 6.92 Å². The second kappa shape index (κ2) is 8.37. The number of hydrogen-bond donors (Lipinski definition) is 3. The van der Waals surface area contributed by atoms with E-state index in [-0.39, 0.29) is 13.0 Å². The molecule has 3 N–H and O–H groups in total. The molecule has 0 aromatic rings. The largest absolute Gasteiger partial charge is 0.480 e. The van der Waals surface area contributed by atoms with Crippen LogP contribution in [0.3, 0.4) is 0 Å². The number of carbonyl (C=O) groups excluding carboxylic acids is 3. The van der Waals surface area contributed by atoms with E-state index in [1.54, 1.807) is 34.6 Å². The summed E-state index contributed by atoms with van der Waals surface area (Å²) in [4.78, 5) is 49.2. The topological polar surface area (TPSA) is 125 Å². The highest BCUT2D eigenvalue weighted by Gasteiger charge is 2.43. The normalized spacial score (nSPS) is 19.4. The number of carboxylic acid groups (broad SMARTS) is 1. The number of rotatable bonds is 6. The molecule has 1 aliphatic rings. The van der Waals surface area contributed by atoms with E-state index in [1.807, 2.05) is 0 Å². The summed E-state index contributed by atoms with van der Waals surface area (Å²) in [5.74, 6) is -2.04. The maximum atomic E-state index is 12.8. The van der Waals surface area contributed by atoms with Gasteiger partial charge in [-0.3, -0.25) is 9.59 Å². The molecule has 1 rings (SSSR count). The van der Waals surface area contributed by atoms with Crippen LogP contribution < -0.4 is 10.6 Å². The fraction of sp³-hybridized carbons (Fsp3) is 0.765. The summed E-state index contributed by atoms with van der Waals surface area (Å²) in [5.41, 5.74) is -1.93. The van der Waals surface area contributed by atoms with Crippen molar-refractivity contribution in [1.29, 1.82) is 0 Å². The zero-order valence-electron chi connectivity index (χ0n) is 16.0. The Labute approximate surface area is 153 Å². The van der Waals surface area contributed by atoms with E-state index in [0.717, 1.165) is 0 Å². The lowest BCUT2D eigenvalue weighted by atomic mass is 9.96. The van der Waals surface area contributed by atoms with E-state index in [0.29, 0.717) is 19.4 Å². The summed E-state index contributed by atoms with van der Waals surface area (Å²) in [6.45, 7) is 8.39. The first kappa shape index (κ1) is 21.7. The van der Waals surface area contributed by atoms with Gasteiger partial charge in [0.25, 0.3) is 0 Å². The van der Waals surface area contributed by atoms with Crippen molar-refractivity contribution in [2.24, 2.45) is 0 Å². The molecule has 1 heterocycles. The predicted octanol–water partition coefficient (Wildman–Crippen LogP) is 0.872. The number of alkyl carbamates (subject to hydrolysis) is 1. The van der Waals surface area contributed by atoms with E-state index >= 15 is 0 Å². The Kier molecular flexibility index (Phi) is 7.00. The SMILES string of the molecule is CC[C@@](C)(NC(=O)CNC(=O)OC(C)(C)C)C(=O)N1CCC[C@H]1C(=O)O. The van der Waals surface area contributed by atoms with Crippen molar-refractivity contribution < 1.29 is 29.0 Å². The maximum Gasteiger partial charge on any atom is 0.408 e. The van der Waals surface area contributed by atoms with Gasteiger partial charge < -0.3 is 25.4 Å². The van der Waals surface area contributed by atoms with E-state index in [9.17, 15) is 24.3 Å². The Morgan fingerprint density at radius 1 is 1.19 bits per heavy atom. The molecule has 0 aromatic heterocycles. The summed E-state index contributed by atoms with van der Waals surface area (Å²) in [7, 11) is 0. The van der Waals surface area contributed by atoms with E-state index in [1.165, 1.54) is 4.90 Å². The molecule has 0 aromatic carbocycles. The molecule has 3 amide bonds. The quantitative estimate of drug-likeness (QED) is 0.636. The van der Waals surface area contributed by atoms with Crippen LogP contribution in [0.15, 0.2) is 0 Å². The number of hydrogen-bond acceptors (Lipinski definition) is 5. The molecule has 1 fully saturated rings. The van der Waals surface area contributed by atoms with Crippen LogP contribution in [-0.2, 0) is 19.1 Å². The number of ether oxygens (including phenoxy) is 1. The zero-order valence-corrected chi connectivity index (χ0v) is 16.0. The summed E-state index contributed by atoms with van der Waals surface area (Å²) >= 11 is 0. The first-order valence-electron chi connectivity index (χ1n) is 8.71. The monoisotopic (exact) mass is 371 g/mol. The fourth-order valence-electron chi connectivity index (χ4n) is 2.70. The smallest absolute Gasteiger partial charge is 0.408 e. The summed E-state index contributed by atoms with van der Waals surface area (Å²) < 4.78 is 5.04. The molecule has 0 radical (unpaired) electrons. The molecular weight excluding hydrogens is 342 g/mol. The second-order valence-electron chi connectivity index (χ2n) is 7.58. The van der Waals surface area contributed by atoms with Crippen molar-refractivity contribution in [2.75, 3.05) is 13.1 Å². The van der Waals surface area contributed by atoms with Gasteiger partial charge in [-0.15, -0.1) is 0 Å². The van der Waals surface area contributed by atoms with Crippen molar-refractivity contribution in [3.05, 3.63) is 0 Å². The number of likely N-dealkylation sites (tertiary alicyclic amines) is 1. The average Bonchev–Trinajstić information content (AvgIpc) is 3.00. The van der Waals surface area contributed by atoms with Crippen molar-refractivity contribution in [2.45, 2.75) is 71.1 Å². The standard InChI is InChI=1S/C17H29N3O6/c1-6-17(5,14(24)20-9-7-8-11(20)13(22)23)19-12(21)10-18-15(25)26-16(2,3)4/h11H,6-10H2,1-5H3,(H,18,25)(H,19,21)(H,22,23)/t11-,17+/m0/s1. The Bertz CT molecular complexity index is 571. The third-order valence-corrected chi connectivity index (χ3v) is 4.19. The lowest BCUT2D eigenvalue weighted by Crippen LogP contribution is -2.60. The van der Waals surface area contributed by atoms with E-state index < -0.39 is 41.1 Å². The fourth-order valence-corrected chi connectivity index (χ4v) is 2.70. The van der Waals surface area contributed by atoms with Gasteiger partial charge in [0.1, 0.15) is 23.7 Å². The molecule has 0 saturated carbocycles. The predicted molar refractivity (Wildman–Crippen MR) is 93.4 cm³/mol. The summed E-state index contributed by atoms with van der Waals surface area (Å²) in [5, 5.41) is 14.2. The Hall–Kier alpha value is -2.32. The van der Waals surface area contributed by atoms with Crippen LogP contribution in [0.2, 0.25) is 0 Å². The van der Waals surface area contributed by atoms with Crippen molar-refractivity contribution >= 4 is 23.9 Å². The number of nitrogens with zero attached hydrogens (tertiary/aromatic N) is 1. The highest BCUT2D eigenvalue weighted by Crippen LogP contribution is 2.23. The molecule has 2 atom stereocenters. The molecule has 0 bridgehead atoms. The van der Waals surface area contributed by atoms with Crippen molar-refractivity contribution in [3.8, 4) is 0 Å². The molecular formula is C17H29N3O6. The lowest BCUT2D eigenvalue weighted by Gasteiger charge is -2.34. The van der Waals surface area contributed by atoms with Gasteiger partial charge >= 0.3 is 12.1 Å². The number of carbonyl (C=O) groups is 4. The van der Waals surface area contributed by atoms with Crippen LogP contribution in [0.5, 0.6) is 0 Å². The lowest BCUT2D eigenvalue weighted by molar-refractivity contribution is -0.151.